The molecule has 0 bridgehead atoms. The smallest absolute Gasteiger partial charge is 0.311 e. The second kappa shape index (κ2) is 7.81. The van der Waals surface area contributed by atoms with Gasteiger partial charge < -0.3 is 9.08 Å². The molecule has 0 aliphatic heterocycles. The minimum absolute atomic E-state index is 0.0638. The number of amides is 1. The van der Waals surface area contributed by atoms with Gasteiger partial charge in [0.2, 0.25) is 5.91 Å². The Morgan fingerprint density at radius 3 is 2.22 bits per heavy atom. The monoisotopic (exact) mass is 341 g/mol. The first kappa shape index (κ1) is 19.5. The maximum Gasteiger partial charge on any atom is 0.311 e. The van der Waals surface area contributed by atoms with Crippen molar-refractivity contribution in [3.8, 4) is 5.75 Å². The van der Waals surface area contributed by atoms with Crippen LogP contribution in [0.4, 0.5) is 0 Å². The van der Waals surface area contributed by atoms with Crippen LogP contribution in [-0.2, 0) is 21.5 Å². The predicted molar refractivity (Wildman–Crippen MR) is 91.6 cm³/mol. The molecule has 0 radical (unpaired) electrons. The highest BCUT2D eigenvalue weighted by Crippen LogP contribution is 2.20. The first-order valence-corrected chi connectivity index (χ1v) is 9.34. The van der Waals surface area contributed by atoms with Gasteiger partial charge in [0.25, 0.3) is 0 Å². The summed E-state index contributed by atoms with van der Waals surface area (Å²) in [6.07, 6.45) is 0. The molecule has 0 aliphatic carbocycles. The third-order valence-electron chi connectivity index (χ3n) is 3.44. The molecule has 0 atom stereocenters. The lowest BCUT2D eigenvalue weighted by molar-refractivity contribution is -0.136. The summed E-state index contributed by atoms with van der Waals surface area (Å²) in [7, 11) is -3.62. The lowest BCUT2D eigenvalue weighted by Crippen LogP contribution is -2.38. The Kier molecular flexibility index (Phi) is 6.62. The second-order valence-electron chi connectivity index (χ2n) is 6.49. The van der Waals surface area contributed by atoms with Gasteiger partial charge in [0.05, 0.1) is 5.25 Å². The van der Waals surface area contributed by atoms with Crippen LogP contribution in [0.15, 0.2) is 24.3 Å². The summed E-state index contributed by atoms with van der Waals surface area (Å²) < 4.78 is 28.8. The van der Waals surface area contributed by atoms with Crippen LogP contribution in [0, 0.1) is 5.92 Å². The average Bonchev–Trinajstić information content (AvgIpc) is 2.43. The summed E-state index contributed by atoms with van der Waals surface area (Å²) in [6.45, 7) is 11.2. The van der Waals surface area contributed by atoms with Crippen molar-refractivity contribution in [2.45, 2.75) is 59.4 Å². The lowest BCUT2D eigenvalue weighted by Gasteiger charge is -2.28. The molecule has 1 rings (SSSR count). The maximum atomic E-state index is 12.3. The highest BCUT2D eigenvalue weighted by Gasteiger charge is 2.21. The van der Waals surface area contributed by atoms with Gasteiger partial charge in [0.15, 0.2) is 0 Å². The van der Waals surface area contributed by atoms with Crippen LogP contribution in [0.2, 0.25) is 0 Å². The number of carbonyl (C=O) groups excluding carboxylic acids is 1. The van der Waals surface area contributed by atoms with E-state index >= 15 is 0 Å². The highest BCUT2D eigenvalue weighted by molar-refractivity contribution is 7.87. The molecule has 0 aromatic heterocycles. The molecule has 0 aliphatic rings. The molecule has 0 unspecified atom stereocenters. The van der Waals surface area contributed by atoms with E-state index < -0.39 is 15.4 Å². The summed E-state index contributed by atoms with van der Waals surface area (Å²) >= 11 is 0. The van der Waals surface area contributed by atoms with Crippen molar-refractivity contribution >= 4 is 16.0 Å². The van der Waals surface area contributed by atoms with E-state index in [4.69, 9.17) is 4.18 Å². The first-order valence-electron chi connectivity index (χ1n) is 7.87. The summed E-state index contributed by atoms with van der Waals surface area (Å²) in [6, 6.07) is 6.93. The molecule has 0 saturated heterocycles. The molecule has 5 nitrogen and oxygen atoms in total. The predicted octanol–water partition coefficient (Wildman–Crippen LogP) is 3.20. The molecular weight excluding hydrogens is 314 g/mol. The Labute approximate surface area is 139 Å². The van der Waals surface area contributed by atoms with Gasteiger partial charge in [-0.3, -0.25) is 4.79 Å². The number of nitrogens with zero attached hydrogens (tertiary/aromatic N) is 1. The van der Waals surface area contributed by atoms with Crippen LogP contribution in [0.5, 0.6) is 5.75 Å². The molecule has 0 N–H and O–H groups in total. The first-order chi connectivity index (χ1) is 10.5. The van der Waals surface area contributed by atoms with Gasteiger partial charge in [-0.15, -0.1) is 0 Å². The van der Waals surface area contributed by atoms with Gasteiger partial charge in [-0.25, -0.2) is 0 Å². The van der Waals surface area contributed by atoms with Gasteiger partial charge in [0, 0.05) is 18.5 Å². The van der Waals surface area contributed by atoms with Crippen molar-refractivity contribution < 1.29 is 17.4 Å². The zero-order chi connectivity index (χ0) is 17.8. The van der Waals surface area contributed by atoms with Crippen LogP contribution >= 0.6 is 0 Å². The molecular formula is C17H27NO4S. The molecule has 0 fully saturated rings. The standard InChI is InChI=1S/C17H27NO4S/c1-12(2)17(19)18(13(3)4)11-15-8-7-9-16(10-15)22-23(20,21)14(5)6/h7-10,12-14H,11H2,1-6H3. The Balaban J connectivity index is 2.98. The van der Waals surface area contributed by atoms with Crippen molar-refractivity contribution in [3.63, 3.8) is 0 Å². The molecule has 0 heterocycles. The minimum Gasteiger partial charge on any atom is -0.382 e. The van der Waals surface area contributed by atoms with Crippen LogP contribution in [-0.4, -0.2) is 30.5 Å². The number of rotatable bonds is 7. The normalized spacial score (nSPS) is 12.0. The van der Waals surface area contributed by atoms with E-state index in [-0.39, 0.29) is 23.6 Å². The SMILES string of the molecule is CC(C)C(=O)N(Cc1cccc(OS(=O)(=O)C(C)C)c1)C(C)C. The van der Waals surface area contributed by atoms with E-state index in [9.17, 15) is 13.2 Å². The van der Waals surface area contributed by atoms with Gasteiger partial charge in [0.1, 0.15) is 5.75 Å². The zero-order valence-corrected chi connectivity index (χ0v) is 15.6. The quantitative estimate of drug-likeness (QED) is 0.715. The molecule has 0 spiro atoms. The van der Waals surface area contributed by atoms with E-state index in [2.05, 4.69) is 0 Å². The molecule has 130 valence electrons. The molecule has 23 heavy (non-hydrogen) atoms. The Morgan fingerprint density at radius 2 is 1.74 bits per heavy atom. The van der Waals surface area contributed by atoms with E-state index in [1.165, 1.54) is 0 Å². The van der Waals surface area contributed by atoms with E-state index in [1.54, 1.807) is 36.9 Å². The van der Waals surface area contributed by atoms with Crippen molar-refractivity contribution in [1.82, 2.24) is 4.90 Å². The number of hydrogen-bond acceptors (Lipinski definition) is 4. The molecule has 1 amide bonds. The average molecular weight is 341 g/mol. The lowest BCUT2D eigenvalue weighted by atomic mass is 10.1. The topological polar surface area (TPSA) is 63.7 Å². The Hall–Kier alpha value is -1.56. The van der Waals surface area contributed by atoms with Gasteiger partial charge in [-0.1, -0.05) is 26.0 Å². The summed E-state index contributed by atoms with van der Waals surface area (Å²) in [5, 5.41) is -0.610. The Bertz CT molecular complexity index is 636. The van der Waals surface area contributed by atoms with E-state index in [1.807, 2.05) is 33.8 Å². The van der Waals surface area contributed by atoms with Gasteiger partial charge in [-0.2, -0.15) is 8.42 Å². The molecule has 1 aromatic carbocycles. The van der Waals surface area contributed by atoms with Crippen molar-refractivity contribution in [2.75, 3.05) is 0 Å². The number of carbonyl (C=O) groups is 1. The third kappa shape index (κ3) is 5.53. The van der Waals surface area contributed by atoms with Crippen molar-refractivity contribution in [1.29, 1.82) is 0 Å². The minimum atomic E-state index is -3.62. The number of benzene rings is 1. The van der Waals surface area contributed by atoms with Crippen LogP contribution in [0.1, 0.15) is 47.1 Å². The third-order valence-corrected chi connectivity index (χ3v) is 5.02. The van der Waals surface area contributed by atoms with Crippen LogP contribution in [0.3, 0.4) is 0 Å². The van der Waals surface area contributed by atoms with E-state index in [0.29, 0.717) is 6.54 Å². The van der Waals surface area contributed by atoms with Gasteiger partial charge in [-0.05, 0) is 45.4 Å². The zero-order valence-electron chi connectivity index (χ0n) is 14.7. The fourth-order valence-electron chi connectivity index (χ4n) is 1.97. The fourth-order valence-corrected chi connectivity index (χ4v) is 2.53. The summed E-state index contributed by atoms with van der Waals surface area (Å²) in [5.41, 5.74) is 0.837. The van der Waals surface area contributed by atoms with Gasteiger partial charge >= 0.3 is 10.1 Å². The second-order valence-corrected chi connectivity index (χ2v) is 8.58. The van der Waals surface area contributed by atoms with Crippen molar-refractivity contribution in [2.24, 2.45) is 5.92 Å². The molecule has 0 saturated carbocycles. The summed E-state index contributed by atoms with van der Waals surface area (Å²) in [5.74, 6) is 0.260. The summed E-state index contributed by atoms with van der Waals surface area (Å²) in [4.78, 5) is 14.1. The molecule has 6 heteroatoms. The molecule has 1 aromatic rings. The van der Waals surface area contributed by atoms with Crippen LogP contribution < -0.4 is 4.18 Å². The fraction of sp³-hybridized carbons (Fsp3) is 0.588. The highest BCUT2D eigenvalue weighted by atomic mass is 32.2. The van der Waals surface area contributed by atoms with E-state index in [0.717, 1.165) is 5.56 Å². The largest absolute Gasteiger partial charge is 0.382 e. The Morgan fingerprint density at radius 1 is 1.13 bits per heavy atom. The maximum absolute atomic E-state index is 12.3. The van der Waals surface area contributed by atoms with Crippen LogP contribution in [0.25, 0.3) is 0 Å². The number of hydrogen-bond donors (Lipinski definition) is 0. The van der Waals surface area contributed by atoms with Crippen molar-refractivity contribution in [3.05, 3.63) is 29.8 Å².